The lowest BCUT2D eigenvalue weighted by Gasteiger charge is -2.25. The van der Waals surface area contributed by atoms with E-state index in [2.05, 4.69) is 10.6 Å². The Hall–Kier alpha value is -1.59. The Morgan fingerprint density at radius 1 is 1.32 bits per heavy atom. The molecule has 0 aliphatic heterocycles. The molecule has 0 heterocycles. The third kappa shape index (κ3) is 5.66. The van der Waals surface area contributed by atoms with E-state index >= 15 is 0 Å². The number of hydrogen-bond donors (Lipinski definition) is 3. The zero-order chi connectivity index (χ0) is 16.8. The summed E-state index contributed by atoms with van der Waals surface area (Å²) < 4.78 is 0. The number of carbonyl (C=O) groups is 2. The molecule has 0 saturated carbocycles. The maximum atomic E-state index is 12.1. The number of nitrogens with one attached hydrogen (secondary N) is 2. The van der Waals surface area contributed by atoms with Gasteiger partial charge < -0.3 is 15.7 Å². The summed E-state index contributed by atoms with van der Waals surface area (Å²) in [7, 11) is 0. The molecule has 1 unspecified atom stereocenters. The summed E-state index contributed by atoms with van der Waals surface area (Å²) in [6.45, 7) is 6.02. The van der Waals surface area contributed by atoms with Gasteiger partial charge in [-0.2, -0.15) is 0 Å². The first-order chi connectivity index (χ1) is 10.3. The van der Waals surface area contributed by atoms with E-state index in [4.69, 9.17) is 16.7 Å². The SMILES string of the molecule is CC(NC(=O)c1ccccc1Cl)C(=O)NCC(C)(C)CCO. The van der Waals surface area contributed by atoms with E-state index in [1.54, 1.807) is 31.2 Å². The summed E-state index contributed by atoms with van der Waals surface area (Å²) in [6.07, 6.45) is 0.591. The van der Waals surface area contributed by atoms with Crippen LogP contribution in [0, 0.1) is 5.41 Å². The minimum absolute atomic E-state index is 0.0711. The summed E-state index contributed by atoms with van der Waals surface area (Å²) >= 11 is 5.95. The summed E-state index contributed by atoms with van der Waals surface area (Å²) in [6, 6.07) is 6.00. The number of aliphatic hydroxyl groups is 1. The van der Waals surface area contributed by atoms with E-state index in [1.807, 2.05) is 13.8 Å². The molecule has 0 aliphatic carbocycles. The fraction of sp³-hybridized carbons (Fsp3) is 0.500. The zero-order valence-corrected chi connectivity index (χ0v) is 13.9. The third-order valence-electron chi connectivity index (χ3n) is 3.39. The van der Waals surface area contributed by atoms with Gasteiger partial charge in [0.1, 0.15) is 6.04 Å². The maximum Gasteiger partial charge on any atom is 0.253 e. The molecule has 1 aromatic rings. The van der Waals surface area contributed by atoms with Crippen molar-refractivity contribution in [3.63, 3.8) is 0 Å². The molecule has 1 rings (SSSR count). The van der Waals surface area contributed by atoms with Gasteiger partial charge in [0.25, 0.3) is 5.91 Å². The molecule has 3 N–H and O–H groups in total. The quantitative estimate of drug-likeness (QED) is 0.717. The van der Waals surface area contributed by atoms with Crippen molar-refractivity contribution < 1.29 is 14.7 Å². The number of halogens is 1. The highest BCUT2D eigenvalue weighted by atomic mass is 35.5. The largest absolute Gasteiger partial charge is 0.396 e. The molecule has 22 heavy (non-hydrogen) atoms. The molecule has 0 radical (unpaired) electrons. The number of aliphatic hydroxyl groups excluding tert-OH is 1. The van der Waals surface area contributed by atoms with Crippen LogP contribution in [-0.4, -0.2) is 36.1 Å². The standard InChI is InChI=1S/C16H23ClN2O3/c1-11(14(21)18-10-16(2,3)8-9-20)19-15(22)12-6-4-5-7-13(12)17/h4-7,11,20H,8-10H2,1-3H3,(H,18,21)(H,19,22). The van der Waals surface area contributed by atoms with Crippen LogP contribution in [0.2, 0.25) is 5.02 Å². The van der Waals surface area contributed by atoms with E-state index in [9.17, 15) is 9.59 Å². The van der Waals surface area contributed by atoms with Crippen molar-refractivity contribution in [3.05, 3.63) is 34.9 Å². The summed E-state index contributed by atoms with van der Waals surface area (Å²) in [5.74, 6) is -0.658. The van der Waals surface area contributed by atoms with Crippen LogP contribution in [0.3, 0.4) is 0 Å². The number of carbonyl (C=O) groups excluding carboxylic acids is 2. The average Bonchev–Trinajstić information content (AvgIpc) is 2.45. The third-order valence-corrected chi connectivity index (χ3v) is 3.72. The molecule has 1 aromatic carbocycles. The highest BCUT2D eigenvalue weighted by molar-refractivity contribution is 6.33. The lowest BCUT2D eigenvalue weighted by Crippen LogP contribution is -2.47. The lowest BCUT2D eigenvalue weighted by atomic mass is 9.89. The predicted molar refractivity (Wildman–Crippen MR) is 86.9 cm³/mol. The van der Waals surface area contributed by atoms with Gasteiger partial charge in [0.05, 0.1) is 10.6 Å². The number of amides is 2. The molecular formula is C16H23ClN2O3. The summed E-state index contributed by atoms with van der Waals surface area (Å²) in [5.41, 5.74) is 0.140. The van der Waals surface area contributed by atoms with Crippen LogP contribution in [-0.2, 0) is 4.79 Å². The molecule has 0 aliphatic rings. The monoisotopic (exact) mass is 326 g/mol. The van der Waals surface area contributed by atoms with E-state index in [-0.39, 0.29) is 23.8 Å². The van der Waals surface area contributed by atoms with E-state index < -0.39 is 6.04 Å². The van der Waals surface area contributed by atoms with Gasteiger partial charge in [-0.3, -0.25) is 9.59 Å². The van der Waals surface area contributed by atoms with Crippen molar-refractivity contribution in [2.24, 2.45) is 5.41 Å². The van der Waals surface area contributed by atoms with Crippen molar-refractivity contribution >= 4 is 23.4 Å². The van der Waals surface area contributed by atoms with Crippen LogP contribution in [0.25, 0.3) is 0 Å². The molecule has 6 heteroatoms. The highest BCUT2D eigenvalue weighted by Crippen LogP contribution is 2.18. The van der Waals surface area contributed by atoms with Gasteiger partial charge in [0.15, 0.2) is 0 Å². The van der Waals surface area contributed by atoms with Gasteiger partial charge >= 0.3 is 0 Å². The molecule has 0 spiro atoms. The predicted octanol–water partition coefficient (Wildman–Crippen LogP) is 1.98. The second-order valence-electron chi connectivity index (χ2n) is 6.03. The van der Waals surface area contributed by atoms with Crippen molar-refractivity contribution in [1.29, 1.82) is 0 Å². The van der Waals surface area contributed by atoms with Crippen LogP contribution in [0.15, 0.2) is 24.3 Å². The number of benzene rings is 1. The smallest absolute Gasteiger partial charge is 0.253 e. The molecule has 0 saturated heterocycles. The van der Waals surface area contributed by atoms with Crippen molar-refractivity contribution in [2.75, 3.05) is 13.2 Å². The first-order valence-electron chi connectivity index (χ1n) is 7.21. The van der Waals surface area contributed by atoms with Gasteiger partial charge in [0.2, 0.25) is 5.91 Å². The second kappa shape index (κ2) is 8.15. The highest BCUT2D eigenvalue weighted by Gasteiger charge is 2.22. The Kier molecular flexibility index (Phi) is 6.84. The lowest BCUT2D eigenvalue weighted by molar-refractivity contribution is -0.123. The van der Waals surface area contributed by atoms with Gasteiger partial charge in [-0.1, -0.05) is 37.6 Å². The molecule has 0 aromatic heterocycles. The summed E-state index contributed by atoms with van der Waals surface area (Å²) in [5, 5.41) is 14.7. The number of rotatable bonds is 7. The first kappa shape index (κ1) is 18.5. The Morgan fingerprint density at radius 3 is 2.55 bits per heavy atom. The Balaban J connectivity index is 2.54. The second-order valence-corrected chi connectivity index (χ2v) is 6.44. The van der Waals surface area contributed by atoms with E-state index in [0.717, 1.165) is 0 Å². The minimum atomic E-state index is -0.673. The Bertz CT molecular complexity index is 532. The fourth-order valence-electron chi connectivity index (χ4n) is 1.86. The van der Waals surface area contributed by atoms with Crippen LogP contribution in [0.4, 0.5) is 0 Å². The fourth-order valence-corrected chi connectivity index (χ4v) is 2.08. The zero-order valence-electron chi connectivity index (χ0n) is 13.1. The van der Waals surface area contributed by atoms with Gasteiger partial charge in [0, 0.05) is 13.2 Å². The van der Waals surface area contributed by atoms with Crippen molar-refractivity contribution in [3.8, 4) is 0 Å². The first-order valence-corrected chi connectivity index (χ1v) is 7.58. The molecular weight excluding hydrogens is 304 g/mol. The van der Waals surface area contributed by atoms with Gasteiger partial charge in [-0.05, 0) is 30.9 Å². The van der Waals surface area contributed by atoms with Crippen LogP contribution in [0.1, 0.15) is 37.6 Å². The maximum absolute atomic E-state index is 12.1. The molecule has 0 fully saturated rings. The van der Waals surface area contributed by atoms with E-state index in [0.29, 0.717) is 23.6 Å². The molecule has 122 valence electrons. The topological polar surface area (TPSA) is 78.4 Å². The minimum Gasteiger partial charge on any atom is -0.396 e. The molecule has 2 amide bonds. The van der Waals surface area contributed by atoms with Gasteiger partial charge in [-0.15, -0.1) is 0 Å². The van der Waals surface area contributed by atoms with E-state index in [1.165, 1.54) is 0 Å². The normalized spacial score (nSPS) is 12.6. The van der Waals surface area contributed by atoms with Crippen molar-refractivity contribution in [2.45, 2.75) is 33.2 Å². The number of hydrogen-bond acceptors (Lipinski definition) is 3. The molecule has 1 atom stereocenters. The Labute approximate surface area is 136 Å². The van der Waals surface area contributed by atoms with Crippen LogP contribution < -0.4 is 10.6 Å². The Morgan fingerprint density at radius 2 is 1.95 bits per heavy atom. The molecule has 0 bridgehead atoms. The van der Waals surface area contributed by atoms with Gasteiger partial charge in [-0.25, -0.2) is 0 Å². The summed E-state index contributed by atoms with van der Waals surface area (Å²) in [4.78, 5) is 24.1. The van der Waals surface area contributed by atoms with Crippen LogP contribution >= 0.6 is 11.6 Å². The molecule has 5 nitrogen and oxygen atoms in total. The van der Waals surface area contributed by atoms with Crippen LogP contribution in [0.5, 0.6) is 0 Å². The average molecular weight is 327 g/mol. The van der Waals surface area contributed by atoms with Crippen molar-refractivity contribution in [1.82, 2.24) is 10.6 Å².